The summed E-state index contributed by atoms with van der Waals surface area (Å²) in [5.41, 5.74) is 1.02. The van der Waals surface area contributed by atoms with E-state index in [1.165, 1.54) is 25.7 Å². The third-order valence-electron chi connectivity index (χ3n) is 5.26. The van der Waals surface area contributed by atoms with Gasteiger partial charge in [0.1, 0.15) is 0 Å². The standard InChI is InChI=1S/C20H35N5O/c1-20(2,3)26-18-10-12-24(13-11-18)19(21-4)22-15-16-9-14-25(23-16)17-7-5-6-8-17/h9,14,17-18H,5-8,10-13,15H2,1-4H3,(H,21,22). The first kappa shape index (κ1) is 19.2. The summed E-state index contributed by atoms with van der Waals surface area (Å²) in [7, 11) is 1.86. The Morgan fingerprint density at radius 2 is 1.92 bits per heavy atom. The van der Waals surface area contributed by atoms with Crippen LogP contribution in [-0.2, 0) is 11.3 Å². The zero-order chi connectivity index (χ0) is 18.6. The maximum Gasteiger partial charge on any atom is 0.193 e. The van der Waals surface area contributed by atoms with Gasteiger partial charge in [0.15, 0.2) is 5.96 Å². The van der Waals surface area contributed by atoms with E-state index in [1.54, 1.807) is 0 Å². The molecule has 0 amide bonds. The highest BCUT2D eigenvalue weighted by molar-refractivity contribution is 5.79. The first-order chi connectivity index (χ1) is 12.4. The summed E-state index contributed by atoms with van der Waals surface area (Å²) < 4.78 is 8.28. The van der Waals surface area contributed by atoms with Gasteiger partial charge in [0.25, 0.3) is 0 Å². The lowest BCUT2D eigenvalue weighted by molar-refractivity contribution is -0.0772. The summed E-state index contributed by atoms with van der Waals surface area (Å²) in [6, 6.07) is 2.73. The van der Waals surface area contributed by atoms with Crippen LogP contribution in [0.3, 0.4) is 0 Å². The van der Waals surface area contributed by atoms with Gasteiger partial charge in [-0.2, -0.15) is 5.10 Å². The molecule has 146 valence electrons. The molecule has 6 nitrogen and oxygen atoms in total. The van der Waals surface area contributed by atoms with Gasteiger partial charge in [-0.3, -0.25) is 9.67 Å². The third kappa shape index (κ3) is 5.22. The molecule has 0 radical (unpaired) electrons. The molecule has 1 aromatic rings. The van der Waals surface area contributed by atoms with Crippen LogP contribution in [0.2, 0.25) is 0 Å². The van der Waals surface area contributed by atoms with Crippen LogP contribution in [0.5, 0.6) is 0 Å². The Morgan fingerprint density at radius 1 is 1.23 bits per heavy atom. The van der Waals surface area contributed by atoms with Gasteiger partial charge in [-0.05, 0) is 52.5 Å². The summed E-state index contributed by atoms with van der Waals surface area (Å²) in [6.45, 7) is 9.08. The van der Waals surface area contributed by atoms with Crippen LogP contribution in [0.1, 0.15) is 71.0 Å². The van der Waals surface area contributed by atoms with Crippen molar-refractivity contribution in [3.63, 3.8) is 0 Å². The highest BCUT2D eigenvalue weighted by Crippen LogP contribution is 2.28. The lowest BCUT2D eigenvalue weighted by atomic mass is 10.1. The maximum absolute atomic E-state index is 6.12. The number of nitrogens with one attached hydrogen (secondary N) is 1. The van der Waals surface area contributed by atoms with Crippen LogP contribution in [0, 0.1) is 0 Å². The smallest absolute Gasteiger partial charge is 0.193 e. The van der Waals surface area contributed by atoms with Crippen molar-refractivity contribution in [2.24, 2.45) is 4.99 Å². The Bertz CT molecular complexity index is 590. The van der Waals surface area contributed by atoms with Crippen molar-refractivity contribution in [1.29, 1.82) is 0 Å². The van der Waals surface area contributed by atoms with Gasteiger partial charge in [-0.1, -0.05) is 12.8 Å². The van der Waals surface area contributed by atoms with E-state index < -0.39 is 0 Å². The number of nitrogens with zero attached hydrogens (tertiary/aromatic N) is 4. The molecule has 6 heteroatoms. The Morgan fingerprint density at radius 3 is 2.54 bits per heavy atom. The fraction of sp³-hybridized carbons (Fsp3) is 0.800. The van der Waals surface area contributed by atoms with E-state index in [-0.39, 0.29) is 5.60 Å². The molecule has 0 bridgehead atoms. The quantitative estimate of drug-likeness (QED) is 0.660. The van der Waals surface area contributed by atoms with Gasteiger partial charge in [-0.15, -0.1) is 0 Å². The Kier molecular flexibility index (Phi) is 6.22. The molecule has 1 N–H and O–H groups in total. The summed E-state index contributed by atoms with van der Waals surface area (Å²) in [4.78, 5) is 6.80. The fourth-order valence-corrected chi connectivity index (χ4v) is 4.03. The topological polar surface area (TPSA) is 54.7 Å². The number of ether oxygens (including phenoxy) is 1. The second-order valence-corrected chi connectivity index (χ2v) is 8.54. The second-order valence-electron chi connectivity index (χ2n) is 8.54. The van der Waals surface area contributed by atoms with E-state index in [1.807, 2.05) is 7.05 Å². The number of likely N-dealkylation sites (tertiary alicyclic amines) is 1. The molecule has 1 aliphatic carbocycles. The number of rotatable bonds is 4. The molecule has 1 aromatic heterocycles. The van der Waals surface area contributed by atoms with Crippen LogP contribution in [0.15, 0.2) is 17.3 Å². The number of hydrogen-bond donors (Lipinski definition) is 1. The molecule has 1 aliphatic heterocycles. The summed E-state index contributed by atoms with van der Waals surface area (Å²) in [6.07, 6.45) is 9.78. The van der Waals surface area contributed by atoms with Crippen molar-refractivity contribution in [1.82, 2.24) is 20.0 Å². The minimum absolute atomic E-state index is 0.0646. The van der Waals surface area contributed by atoms with Gasteiger partial charge in [0.05, 0.1) is 30.0 Å². The molecule has 0 unspecified atom stereocenters. The number of aliphatic imine (C=N–C) groups is 1. The van der Waals surface area contributed by atoms with Crippen molar-refractivity contribution >= 4 is 5.96 Å². The zero-order valence-corrected chi connectivity index (χ0v) is 16.9. The van der Waals surface area contributed by atoms with Crippen molar-refractivity contribution < 1.29 is 4.74 Å². The Balaban J connectivity index is 1.47. The molecule has 2 fully saturated rings. The molecule has 2 aliphatic rings. The van der Waals surface area contributed by atoms with Crippen LogP contribution in [0.25, 0.3) is 0 Å². The maximum atomic E-state index is 6.12. The van der Waals surface area contributed by atoms with Crippen LogP contribution >= 0.6 is 0 Å². The van der Waals surface area contributed by atoms with E-state index in [2.05, 4.69) is 52.9 Å². The van der Waals surface area contributed by atoms with Gasteiger partial charge in [0, 0.05) is 26.3 Å². The predicted octanol–water partition coefficient (Wildman–Crippen LogP) is 3.35. The minimum Gasteiger partial charge on any atom is -0.372 e. The molecule has 1 saturated heterocycles. The largest absolute Gasteiger partial charge is 0.372 e. The van der Waals surface area contributed by atoms with Crippen LogP contribution in [-0.4, -0.2) is 52.5 Å². The third-order valence-corrected chi connectivity index (χ3v) is 5.26. The molecule has 2 heterocycles. The first-order valence-corrected chi connectivity index (χ1v) is 10.1. The Hall–Kier alpha value is -1.56. The van der Waals surface area contributed by atoms with Gasteiger partial charge in [0.2, 0.25) is 0 Å². The first-order valence-electron chi connectivity index (χ1n) is 10.1. The molecule has 0 aromatic carbocycles. The Labute approximate surface area is 158 Å². The number of aromatic nitrogens is 2. The van der Waals surface area contributed by atoms with Crippen molar-refractivity contribution in [3.8, 4) is 0 Å². The second kappa shape index (κ2) is 8.42. The molecular formula is C20H35N5O. The summed E-state index contributed by atoms with van der Waals surface area (Å²) in [5, 5.41) is 8.24. The summed E-state index contributed by atoms with van der Waals surface area (Å²) in [5.74, 6) is 0.967. The summed E-state index contributed by atoms with van der Waals surface area (Å²) >= 11 is 0. The van der Waals surface area contributed by atoms with Gasteiger partial charge in [-0.25, -0.2) is 0 Å². The highest BCUT2D eigenvalue weighted by atomic mass is 16.5. The molecule has 1 saturated carbocycles. The zero-order valence-electron chi connectivity index (χ0n) is 16.9. The van der Waals surface area contributed by atoms with E-state index in [4.69, 9.17) is 9.84 Å². The number of guanidine groups is 1. The lowest BCUT2D eigenvalue weighted by Gasteiger charge is -2.36. The molecule has 3 rings (SSSR count). The molecule has 26 heavy (non-hydrogen) atoms. The predicted molar refractivity (Wildman–Crippen MR) is 105 cm³/mol. The lowest BCUT2D eigenvalue weighted by Crippen LogP contribution is -2.47. The van der Waals surface area contributed by atoms with Crippen molar-refractivity contribution in [2.45, 2.75) is 83.6 Å². The number of piperidine rings is 1. The van der Waals surface area contributed by atoms with Gasteiger partial charge < -0.3 is 15.0 Å². The van der Waals surface area contributed by atoms with Crippen LogP contribution < -0.4 is 5.32 Å². The normalized spacial score (nSPS) is 20.8. The SMILES string of the molecule is CN=C(NCc1ccn(C2CCCC2)n1)N1CCC(OC(C)(C)C)CC1. The average Bonchev–Trinajstić information content (AvgIpc) is 3.26. The molecule has 0 atom stereocenters. The fourth-order valence-electron chi connectivity index (χ4n) is 4.03. The van der Waals surface area contributed by atoms with Crippen molar-refractivity contribution in [3.05, 3.63) is 18.0 Å². The van der Waals surface area contributed by atoms with E-state index in [9.17, 15) is 0 Å². The molecule has 0 spiro atoms. The van der Waals surface area contributed by atoms with Gasteiger partial charge >= 0.3 is 0 Å². The van der Waals surface area contributed by atoms with E-state index in [0.717, 1.165) is 44.1 Å². The average molecular weight is 362 g/mol. The van der Waals surface area contributed by atoms with E-state index >= 15 is 0 Å². The van der Waals surface area contributed by atoms with Crippen LogP contribution in [0.4, 0.5) is 0 Å². The highest BCUT2D eigenvalue weighted by Gasteiger charge is 2.25. The molecular weight excluding hydrogens is 326 g/mol. The minimum atomic E-state index is -0.0646. The monoisotopic (exact) mass is 361 g/mol. The van der Waals surface area contributed by atoms with E-state index in [0.29, 0.717) is 12.1 Å². The van der Waals surface area contributed by atoms with Crippen molar-refractivity contribution in [2.75, 3.05) is 20.1 Å². The number of hydrogen-bond acceptors (Lipinski definition) is 3.